The molecular formula is C6H14Cl2N2Pt. The quantitative estimate of drug-likeness (QED) is 0.671. The van der Waals surface area contributed by atoms with Crippen LogP contribution in [0.3, 0.4) is 0 Å². The number of hydrogen-bond acceptors (Lipinski definition) is 2. The fourth-order valence-electron chi connectivity index (χ4n) is 1.19. The van der Waals surface area contributed by atoms with E-state index in [1.54, 1.807) is 0 Å². The summed E-state index contributed by atoms with van der Waals surface area (Å²) in [5.74, 6) is 0. The van der Waals surface area contributed by atoms with Crippen molar-refractivity contribution in [3.63, 3.8) is 0 Å². The molecule has 1 aliphatic carbocycles. The molecule has 0 spiro atoms. The van der Waals surface area contributed by atoms with Crippen LogP contribution in [0.4, 0.5) is 0 Å². The van der Waals surface area contributed by atoms with E-state index in [2.05, 4.69) is 0 Å². The first-order valence-electron chi connectivity index (χ1n) is 3.56. The summed E-state index contributed by atoms with van der Waals surface area (Å²) in [5.41, 5.74) is 11.3. The van der Waals surface area contributed by atoms with E-state index in [0.717, 1.165) is 12.8 Å². The maximum atomic E-state index is 5.65. The van der Waals surface area contributed by atoms with E-state index in [0.29, 0.717) is 0 Å². The van der Waals surface area contributed by atoms with Crippen LogP contribution in [0, 0.1) is 0 Å². The van der Waals surface area contributed by atoms with Gasteiger partial charge in [-0.2, -0.15) is 0 Å². The van der Waals surface area contributed by atoms with E-state index in [9.17, 15) is 0 Å². The summed E-state index contributed by atoms with van der Waals surface area (Å²) in [6.07, 6.45) is 4.80. The van der Waals surface area contributed by atoms with Crippen LogP contribution < -0.4 is 11.5 Å². The number of halogens is 2. The summed E-state index contributed by atoms with van der Waals surface area (Å²) in [7, 11) is 9.75. The summed E-state index contributed by atoms with van der Waals surface area (Å²) < 4.78 is 0. The van der Waals surface area contributed by atoms with Gasteiger partial charge in [-0.15, -0.1) is 0 Å². The Morgan fingerprint density at radius 3 is 1.45 bits per heavy atom. The van der Waals surface area contributed by atoms with E-state index in [-0.39, 0.29) is 12.1 Å². The molecule has 2 atom stereocenters. The van der Waals surface area contributed by atoms with Crippen molar-refractivity contribution < 1.29 is 16.5 Å². The third-order valence-corrected chi connectivity index (χ3v) is 1.87. The summed E-state index contributed by atoms with van der Waals surface area (Å²) >= 11 is -0.472. The zero-order valence-corrected chi connectivity index (χ0v) is 9.99. The van der Waals surface area contributed by atoms with Crippen molar-refractivity contribution in [2.75, 3.05) is 0 Å². The van der Waals surface area contributed by atoms with Gasteiger partial charge in [-0.25, -0.2) is 0 Å². The van der Waals surface area contributed by atoms with Crippen LogP contribution in [0.2, 0.25) is 0 Å². The molecule has 72 valence electrons. The monoisotopic (exact) mass is 379 g/mol. The summed E-state index contributed by atoms with van der Waals surface area (Å²) in [6.45, 7) is 0. The molecule has 0 radical (unpaired) electrons. The van der Waals surface area contributed by atoms with Gasteiger partial charge in [0, 0.05) is 12.1 Å². The molecule has 0 unspecified atom stereocenters. The van der Waals surface area contributed by atoms with E-state index in [4.69, 9.17) is 30.3 Å². The average molecular weight is 380 g/mol. The third-order valence-electron chi connectivity index (χ3n) is 1.87. The van der Waals surface area contributed by atoms with Gasteiger partial charge in [-0.05, 0) is 12.8 Å². The van der Waals surface area contributed by atoms with Gasteiger partial charge >= 0.3 is 35.3 Å². The minimum atomic E-state index is -0.472. The predicted octanol–water partition coefficient (Wildman–Crippen LogP) is 1.59. The second-order valence-electron chi connectivity index (χ2n) is 2.66. The summed E-state index contributed by atoms with van der Waals surface area (Å²) in [4.78, 5) is 0. The van der Waals surface area contributed by atoms with Crippen LogP contribution in [-0.2, 0) is 16.5 Å². The Balaban J connectivity index is 0.000000292. The van der Waals surface area contributed by atoms with Gasteiger partial charge in [0.1, 0.15) is 0 Å². The van der Waals surface area contributed by atoms with Gasteiger partial charge < -0.3 is 11.5 Å². The Hall–Kier alpha value is 1.19. The van der Waals surface area contributed by atoms with Gasteiger partial charge in [0.15, 0.2) is 0 Å². The van der Waals surface area contributed by atoms with E-state index in [1.807, 2.05) is 0 Å². The molecule has 0 bridgehead atoms. The van der Waals surface area contributed by atoms with Crippen LogP contribution in [0.1, 0.15) is 25.7 Å². The Morgan fingerprint density at radius 1 is 1.00 bits per heavy atom. The Kier molecular flexibility index (Phi) is 8.66. The number of rotatable bonds is 0. The van der Waals surface area contributed by atoms with Crippen LogP contribution in [-0.4, -0.2) is 12.1 Å². The molecule has 0 aliphatic heterocycles. The predicted molar refractivity (Wildman–Crippen MR) is 46.1 cm³/mol. The van der Waals surface area contributed by atoms with Crippen molar-refractivity contribution in [1.82, 2.24) is 0 Å². The first-order valence-corrected chi connectivity index (χ1v) is 9.19. The average Bonchev–Trinajstić information content (AvgIpc) is 1.97. The van der Waals surface area contributed by atoms with Crippen molar-refractivity contribution in [1.29, 1.82) is 0 Å². The molecule has 1 rings (SSSR count). The molecule has 1 fully saturated rings. The second kappa shape index (κ2) is 7.82. The first-order chi connectivity index (χ1) is 5.22. The summed E-state index contributed by atoms with van der Waals surface area (Å²) in [5, 5.41) is 0. The Bertz CT molecular complexity index is 84.7. The third kappa shape index (κ3) is 6.36. The normalized spacial score (nSPS) is 30.9. The molecule has 1 aliphatic rings. The van der Waals surface area contributed by atoms with Gasteiger partial charge in [-0.1, -0.05) is 12.8 Å². The van der Waals surface area contributed by atoms with E-state index >= 15 is 0 Å². The molecule has 0 aromatic rings. The van der Waals surface area contributed by atoms with Crippen LogP contribution in [0.25, 0.3) is 0 Å². The molecule has 1 saturated carbocycles. The van der Waals surface area contributed by atoms with Gasteiger partial charge in [0.25, 0.3) is 0 Å². The molecule has 0 aromatic carbocycles. The number of hydrogen-bond donors (Lipinski definition) is 2. The zero-order chi connectivity index (χ0) is 8.69. The first kappa shape index (κ1) is 12.2. The van der Waals surface area contributed by atoms with Crippen LogP contribution >= 0.6 is 18.8 Å². The minimum absolute atomic E-state index is 0.281. The molecule has 0 aromatic heterocycles. The standard InChI is InChI=1S/C6H14N2.2ClH.Pt/c7-5-3-1-2-4-6(5)8;;;/h5-6H,1-4,7-8H2;2*1H;/q;;;+2/p-2/t5-,6+;;;. The van der Waals surface area contributed by atoms with Gasteiger partial charge in [-0.3, -0.25) is 0 Å². The topological polar surface area (TPSA) is 52.0 Å². The molecule has 4 N–H and O–H groups in total. The van der Waals surface area contributed by atoms with Crippen LogP contribution in [0.15, 0.2) is 0 Å². The van der Waals surface area contributed by atoms with E-state index < -0.39 is 16.5 Å². The molecule has 0 amide bonds. The van der Waals surface area contributed by atoms with Crippen molar-refractivity contribution in [3.05, 3.63) is 0 Å². The maximum absolute atomic E-state index is 5.65. The Labute approximate surface area is 84.4 Å². The van der Waals surface area contributed by atoms with Crippen molar-refractivity contribution in [2.45, 2.75) is 37.8 Å². The van der Waals surface area contributed by atoms with E-state index in [1.165, 1.54) is 12.8 Å². The molecule has 11 heavy (non-hydrogen) atoms. The van der Waals surface area contributed by atoms with Crippen molar-refractivity contribution in [2.24, 2.45) is 11.5 Å². The molecule has 0 heterocycles. The van der Waals surface area contributed by atoms with Crippen molar-refractivity contribution in [3.8, 4) is 0 Å². The fourth-order valence-corrected chi connectivity index (χ4v) is 1.19. The fraction of sp³-hybridized carbons (Fsp3) is 1.00. The second-order valence-corrected chi connectivity index (χ2v) is 5.94. The SMILES string of the molecule is N[C@@H]1CCCC[C@@H]1N.[Cl][Pt][Cl]. The Morgan fingerprint density at radius 2 is 1.27 bits per heavy atom. The zero-order valence-electron chi connectivity index (χ0n) is 6.21. The van der Waals surface area contributed by atoms with Crippen molar-refractivity contribution >= 4 is 18.8 Å². The van der Waals surface area contributed by atoms with Crippen LogP contribution in [0.5, 0.6) is 0 Å². The molecule has 0 saturated heterocycles. The molecule has 5 heteroatoms. The molecule has 2 nitrogen and oxygen atoms in total. The van der Waals surface area contributed by atoms with Gasteiger partial charge in [0.05, 0.1) is 0 Å². The summed E-state index contributed by atoms with van der Waals surface area (Å²) in [6, 6.07) is 0.562. The number of nitrogens with two attached hydrogens (primary N) is 2. The van der Waals surface area contributed by atoms with Gasteiger partial charge in [0.2, 0.25) is 0 Å². The molecular weight excluding hydrogens is 366 g/mol.